The highest BCUT2D eigenvalue weighted by molar-refractivity contribution is 5.94. The van der Waals surface area contributed by atoms with Gasteiger partial charge in [0, 0.05) is 18.3 Å². The van der Waals surface area contributed by atoms with E-state index >= 15 is 0 Å². The lowest BCUT2D eigenvalue weighted by atomic mass is 10.2. The molecule has 0 aliphatic rings. The molecule has 0 N–H and O–H groups in total. The van der Waals surface area contributed by atoms with Crippen LogP contribution in [0.25, 0.3) is 22.4 Å². The third-order valence-corrected chi connectivity index (χ3v) is 4.50. The molecule has 4 nitrogen and oxygen atoms in total. The summed E-state index contributed by atoms with van der Waals surface area (Å²) >= 11 is 0. The second-order valence-corrected chi connectivity index (χ2v) is 6.16. The van der Waals surface area contributed by atoms with Crippen molar-refractivity contribution in [1.82, 2.24) is 9.55 Å². The van der Waals surface area contributed by atoms with E-state index in [1.54, 1.807) is 11.9 Å². The van der Waals surface area contributed by atoms with Crippen LogP contribution in [0.1, 0.15) is 0 Å². The number of amides is 1. The fraction of sp³-hybridized carbons (Fsp3) is 0.0909. The molecular weight excluding hydrogens is 322 g/mol. The maximum Gasteiger partial charge on any atom is 0.246 e. The van der Waals surface area contributed by atoms with Crippen molar-refractivity contribution < 1.29 is 4.79 Å². The lowest BCUT2D eigenvalue weighted by Crippen LogP contribution is -2.30. The molecule has 4 rings (SSSR count). The highest BCUT2D eigenvalue weighted by Crippen LogP contribution is 2.25. The van der Waals surface area contributed by atoms with Crippen molar-refractivity contribution in [2.24, 2.45) is 0 Å². The van der Waals surface area contributed by atoms with Crippen molar-refractivity contribution in [2.75, 3.05) is 11.9 Å². The third kappa shape index (κ3) is 2.97. The molecule has 0 spiro atoms. The van der Waals surface area contributed by atoms with E-state index in [1.807, 2.05) is 89.5 Å². The number of carbonyl (C=O) groups is 1. The Kier molecular flexibility index (Phi) is 4.23. The Morgan fingerprint density at radius 2 is 1.50 bits per heavy atom. The average molecular weight is 341 g/mol. The minimum atomic E-state index is 0.0107. The lowest BCUT2D eigenvalue weighted by Gasteiger charge is -2.18. The Morgan fingerprint density at radius 3 is 2.23 bits per heavy atom. The first-order valence-electron chi connectivity index (χ1n) is 8.56. The molecule has 0 atom stereocenters. The quantitative estimate of drug-likeness (QED) is 0.553. The maximum atomic E-state index is 12.9. The van der Waals surface area contributed by atoms with Gasteiger partial charge in [-0.1, -0.05) is 60.7 Å². The summed E-state index contributed by atoms with van der Waals surface area (Å²) in [6.45, 7) is 0.232. The van der Waals surface area contributed by atoms with Crippen LogP contribution in [0.3, 0.4) is 0 Å². The fourth-order valence-corrected chi connectivity index (χ4v) is 3.08. The lowest BCUT2D eigenvalue weighted by molar-refractivity contribution is -0.118. The van der Waals surface area contributed by atoms with Gasteiger partial charge in [-0.2, -0.15) is 0 Å². The van der Waals surface area contributed by atoms with Crippen molar-refractivity contribution in [3.05, 3.63) is 84.9 Å². The summed E-state index contributed by atoms with van der Waals surface area (Å²) in [5.41, 5.74) is 3.73. The number of aromatic nitrogens is 2. The number of likely N-dealkylation sites (N-methyl/N-ethyl adjacent to an activating group) is 1. The van der Waals surface area contributed by atoms with Crippen LogP contribution < -0.4 is 4.90 Å². The van der Waals surface area contributed by atoms with E-state index in [-0.39, 0.29) is 12.5 Å². The van der Waals surface area contributed by atoms with Crippen LogP contribution in [-0.2, 0) is 11.3 Å². The molecule has 0 aliphatic heterocycles. The first-order valence-corrected chi connectivity index (χ1v) is 8.56. The van der Waals surface area contributed by atoms with Crippen LogP contribution in [0.5, 0.6) is 0 Å². The zero-order chi connectivity index (χ0) is 17.9. The Labute approximate surface area is 152 Å². The summed E-state index contributed by atoms with van der Waals surface area (Å²) in [6, 6.07) is 27.6. The average Bonchev–Trinajstić information content (AvgIpc) is 3.07. The van der Waals surface area contributed by atoms with Gasteiger partial charge in [0.05, 0.1) is 11.0 Å². The number of fused-ring (bicyclic) bond motifs is 1. The molecule has 4 heteroatoms. The minimum absolute atomic E-state index is 0.0107. The highest BCUT2D eigenvalue weighted by atomic mass is 16.2. The van der Waals surface area contributed by atoms with Gasteiger partial charge in [0.25, 0.3) is 0 Å². The second-order valence-electron chi connectivity index (χ2n) is 6.16. The van der Waals surface area contributed by atoms with Crippen LogP contribution in [0.15, 0.2) is 84.9 Å². The van der Waals surface area contributed by atoms with Crippen LogP contribution in [0.4, 0.5) is 5.69 Å². The van der Waals surface area contributed by atoms with Crippen molar-refractivity contribution in [3.63, 3.8) is 0 Å². The predicted octanol–water partition coefficient (Wildman–Crippen LogP) is 4.37. The van der Waals surface area contributed by atoms with Crippen LogP contribution in [-0.4, -0.2) is 22.5 Å². The summed E-state index contributed by atoms with van der Waals surface area (Å²) in [5, 5.41) is 0. The Balaban J connectivity index is 1.75. The molecule has 0 aliphatic carbocycles. The molecular formula is C22H19N3O. The Bertz CT molecular complexity index is 1040. The maximum absolute atomic E-state index is 12.9. The van der Waals surface area contributed by atoms with Crippen molar-refractivity contribution in [2.45, 2.75) is 6.54 Å². The van der Waals surface area contributed by atoms with E-state index < -0.39 is 0 Å². The van der Waals surface area contributed by atoms with E-state index in [0.29, 0.717) is 0 Å². The van der Waals surface area contributed by atoms with Crippen molar-refractivity contribution in [1.29, 1.82) is 0 Å². The van der Waals surface area contributed by atoms with Gasteiger partial charge < -0.3 is 9.47 Å². The topological polar surface area (TPSA) is 38.1 Å². The molecule has 1 heterocycles. The molecule has 0 fully saturated rings. The number of benzene rings is 3. The molecule has 3 aromatic carbocycles. The molecule has 0 radical (unpaired) electrons. The number of para-hydroxylation sites is 3. The van der Waals surface area contributed by atoms with Gasteiger partial charge in [0.2, 0.25) is 5.91 Å². The monoisotopic (exact) mass is 341 g/mol. The van der Waals surface area contributed by atoms with Crippen LogP contribution in [0.2, 0.25) is 0 Å². The Morgan fingerprint density at radius 1 is 0.885 bits per heavy atom. The van der Waals surface area contributed by atoms with E-state index in [9.17, 15) is 4.79 Å². The standard InChI is InChI=1S/C22H19N3O/c1-24(18-12-6-3-7-13-18)21(26)16-25-20-15-9-8-14-19(20)23-22(25)17-10-4-2-5-11-17/h2-15H,16H2,1H3. The molecule has 128 valence electrons. The summed E-state index contributed by atoms with van der Waals surface area (Å²) in [5.74, 6) is 0.818. The van der Waals surface area contributed by atoms with Gasteiger partial charge in [0.1, 0.15) is 12.4 Å². The molecule has 0 saturated carbocycles. The van der Waals surface area contributed by atoms with Crippen molar-refractivity contribution in [3.8, 4) is 11.4 Å². The minimum Gasteiger partial charge on any atom is -0.314 e. The third-order valence-electron chi connectivity index (χ3n) is 4.50. The summed E-state index contributed by atoms with van der Waals surface area (Å²) < 4.78 is 1.99. The number of carbonyl (C=O) groups excluding carboxylic acids is 1. The fourth-order valence-electron chi connectivity index (χ4n) is 3.08. The number of hydrogen-bond acceptors (Lipinski definition) is 2. The second kappa shape index (κ2) is 6.84. The molecule has 0 saturated heterocycles. The molecule has 1 aromatic heterocycles. The SMILES string of the molecule is CN(C(=O)Cn1c(-c2ccccc2)nc2ccccc21)c1ccccc1. The Hall–Kier alpha value is -3.40. The molecule has 1 amide bonds. The summed E-state index contributed by atoms with van der Waals surface area (Å²) in [6.07, 6.45) is 0. The van der Waals surface area contributed by atoms with E-state index in [4.69, 9.17) is 4.98 Å². The number of rotatable bonds is 4. The molecule has 26 heavy (non-hydrogen) atoms. The predicted molar refractivity (Wildman–Crippen MR) is 105 cm³/mol. The van der Waals surface area contributed by atoms with Gasteiger partial charge in [-0.3, -0.25) is 4.79 Å². The summed E-state index contributed by atoms with van der Waals surface area (Å²) in [4.78, 5) is 19.4. The largest absolute Gasteiger partial charge is 0.314 e. The van der Waals surface area contributed by atoms with Gasteiger partial charge in [0.15, 0.2) is 0 Å². The smallest absolute Gasteiger partial charge is 0.246 e. The van der Waals surface area contributed by atoms with Gasteiger partial charge in [-0.15, -0.1) is 0 Å². The van der Waals surface area contributed by atoms with Crippen LogP contribution in [0, 0.1) is 0 Å². The summed E-state index contributed by atoms with van der Waals surface area (Å²) in [7, 11) is 1.80. The number of nitrogens with zero attached hydrogens (tertiary/aromatic N) is 3. The van der Waals surface area contributed by atoms with Gasteiger partial charge >= 0.3 is 0 Å². The number of hydrogen-bond donors (Lipinski definition) is 0. The zero-order valence-corrected chi connectivity index (χ0v) is 14.5. The van der Waals surface area contributed by atoms with Gasteiger partial charge in [-0.05, 0) is 24.3 Å². The molecule has 0 bridgehead atoms. The molecule has 0 unspecified atom stereocenters. The highest BCUT2D eigenvalue weighted by Gasteiger charge is 2.17. The first kappa shape index (κ1) is 16.1. The van der Waals surface area contributed by atoms with Crippen molar-refractivity contribution >= 4 is 22.6 Å². The van der Waals surface area contributed by atoms with Gasteiger partial charge in [-0.25, -0.2) is 4.98 Å². The number of anilines is 1. The zero-order valence-electron chi connectivity index (χ0n) is 14.5. The normalized spacial score (nSPS) is 10.8. The first-order chi connectivity index (χ1) is 12.7. The van der Waals surface area contributed by atoms with E-state index in [2.05, 4.69) is 0 Å². The van der Waals surface area contributed by atoms with Crippen LogP contribution >= 0.6 is 0 Å². The van der Waals surface area contributed by atoms with E-state index in [0.717, 1.165) is 28.1 Å². The molecule has 4 aromatic rings. The number of imidazole rings is 1. The van der Waals surface area contributed by atoms with E-state index in [1.165, 1.54) is 0 Å².